The normalized spacial score (nSPS) is 12.8. The fourth-order valence-electron chi connectivity index (χ4n) is 1.58. The molecule has 1 N–H and O–H groups in total. The molecule has 0 amide bonds. The monoisotopic (exact) mass is 289 g/mol. The van der Waals surface area contributed by atoms with Crippen LogP contribution in [0.4, 0.5) is 0 Å². The molecule has 0 aliphatic rings. The minimum absolute atomic E-state index is 0.414. The van der Waals surface area contributed by atoms with Gasteiger partial charge >= 0.3 is 0 Å². The molecule has 0 bridgehead atoms. The highest BCUT2D eigenvalue weighted by Gasteiger charge is 2.11. The average Bonchev–Trinajstić information content (AvgIpc) is 2.21. The van der Waals surface area contributed by atoms with Gasteiger partial charge in [-0.1, -0.05) is 47.4 Å². The van der Waals surface area contributed by atoms with Crippen molar-refractivity contribution in [3.63, 3.8) is 0 Å². The summed E-state index contributed by atoms with van der Waals surface area (Å²) in [4.78, 5) is 0. The van der Waals surface area contributed by atoms with Crippen LogP contribution in [0.25, 0.3) is 0 Å². The van der Waals surface area contributed by atoms with Crippen LogP contribution >= 0.6 is 27.5 Å². The summed E-state index contributed by atoms with van der Waals surface area (Å²) in [7, 11) is 0. The molecule has 1 nitrogen and oxygen atoms in total. The van der Waals surface area contributed by atoms with Gasteiger partial charge in [0.1, 0.15) is 0 Å². The summed E-state index contributed by atoms with van der Waals surface area (Å²) >= 11 is 9.47. The van der Waals surface area contributed by atoms with E-state index in [4.69, 9.17) is 11.6 Å². The first kappa shape index (κ1) is 13.0. The highest BCUT2D eigenvalue weighted by molar-refractivity contribution is 9.10. The van der Waals surface area contributed by atoms with Gasteiger partial charge in [-0.2, -0.15) is 0 Å². The molecule has 1 aromatic carbocycles. The molecule has 0 saturated heterocycles. The predicted octanol–water partition coefficient (Wildman–Crippen LogP) is 4.55. The topological polar surface area (TPSA) is 12.0 Å². The van der Waals surface area contributed by atoms with E-state index in [0.29, 0.717) is 6.04 Å². The smallest absolute Gasteiger partial charge is 0.0417 e. The summed E-state index contributed by atoms with van der Waals surface area (Å²) in [6, 6.07) is 6.39. The number of benzene rings is 1. The summed E-state index contributed by atoms with van der Waals surface area (Å²) < 4.78 is 1.09. The largest absolute Gasteiger partial charge is 0.310 e. The van der Waals surface area contributed by atoms with Gasteiger partial charge in [0.25, 0.3) is 0 Å². The van der Waals surface area contributed by atoms with Crippen LogP contribution in [0.3, 0.4) is 0 Å². The third-order valence-corrected chi connectivity index (χ3v) is 3.31. The minimum Gasteiger partial charge on any atom is -0.310 e. The molecule has 0 spiro atoms. The Labute approximate surface area is 105 Å². The van der Waals surface area contributed by atoms with Gasteiger partial charge in [-0.05, 0) is 37.1 Å². The lowest BCUT2D eigenvalue weighted by Gasteiger charge is -2.18. The highest BCUT2D eigenvalue weighted by Crippen LogP contribution is 2.28. The Morgan fingerprint density at radius 1 is 1.40 bits per heavy atom. The lowest BCUT2D eigenvalue weighted by atomic mass is 10.0. The summed E-state index contributed by atoms with van der Waals surface area (Å²) in [5.41, 5.74) is 1.29. The molecule has 1 unspecified atom stereocenters. The Hall–Kier alpha value is -0.0500. The molecule has 15 heavy (non-hydrogen) atoms. The van der Waals surface area contributed by atoms with Crippen molar-refractivity contribution < 1.29 is 0 Å². The minimum atomic E-state index is 0.414. The van der Waals surface area contributed by atoms with Crippen molar-refractivity contribution in [1.82, 2.24) is 5.32 Å². The summed E-state index contributed by atoms with van der Waals surface area (Å²) in [6.07, 6.45) is 2.24. The van der Waals surface area contributed by atoms with Crippen molar-refractivity contribution >= 4 is 27.5 Å². The van der Waals surface area contributed by atoms with Crippen molar-refractivity contribution in [3.8, 4) is 0 Å². The van der Waals surface area contributed by atoms with Gasteiger partial charge < -0.3 is 5.32 Å². The molecule has 0 saturated carbocycles. The van der Waals surface area contributed by atoms with E-state index in [-0.39, 0.29) is 0 Å². The van der Waals surface area contributed by atoms with Gasteiger partial charge in [-0.25, -0.2) is 0 Å². The lowest BCUT2D eigenvalue weighted by molar-refractivity contribution is 0.517. The zero-order valence-corrected chi connectivity index (χ0v) is 11.5. The molecular weight excluding hydrogens is 273 g/mol. The predicted molar refractivity (Wildman–Crippen MR) is 70.5 cm³/mol. The van der Waals surface area contributed by atoms with Crippen molar-refractivity contribution in [2.24, 2.45) is 0 Å². The molecule has 1 rings (SSSR count). The standard InChI is InChI=1S/C12H17BrClN/c1-3-7-15-12(4-2)10-6-5-9(14)8-11(10)13/h5-6,8,12,15H,3-4,7H2,1-2H3. The maximum Gasteiger partial charge on any atom is 0.0417 e. The van der Waals surface area contributed by atoms with E-state index in [1.807, 2.05) is 12.1 Å². The van der Waals surface area contributed by atoms with Gasteiger partial charge in [0.15, 0.2) is 0 Å². The first-order chi connectivity index (χ1) is 7.19. The Morgan fingerprint density at radius 2 is 2.13 bits per heavy atom. The molecule has 3 heteroatoms. The summed E-state index contributed by atoms with van der Waals surface area (Å²) in [6.45, 7) is 5.42. The maximum absolute atomic E-state index is 5.92. The molecule has 0 fully saturated rings. The van der Waals surface area contributed by atoms with Crippen LogP contribution in [0.15, 0.2) is 22.7 Å². The number of hydrogen-bond acceptors (Lipinski definition) is 1. The molecule has 1 atom stereocenters. The quantitative estimate of drug-likeness (QED) is 0.838. The lowest BCUT2D eigenvalue weighted by Crippen LogP contribution is -2.21. The van der Waals surface area contributed by atoms with Crippen molar-refractivity contribution in [1.29, 1.82) is 0 Å². The fourth-order valence-corrected chi connectivity index (χ4v) is 2.54. The average molecular weight is 291 g/mol. The van der Waals surface area contributed by atoms with Crippen LogP contribution in [0, 0.1) is 0 Å². The van der Waals surface area contributed by atoms with Crippen molar-refractivity contribution in [3.05, 3.63) is 33.3 Å². The van der Waals surface area contributed by atoms with Crippen LogP contribution in [-0.4, -0.2) is 6.54 Å². The van der Waals surface area contributed by atoms with Gasteiger partial charge in [-0.15, -0.1) is 0 Å². The highest BCUT2D eigenvalue weighted by atomic mass is 79.9. The molecule has 1 aromatic rings. The van der Waals surface area contributed by atoms with E-state index in [1.54, 1.807) is 0 Å². The fraction of sp³-hybridized carbons (Fsp3) is 0.500. The van der Waals surface area contributed by atoms with Crippen LogP contribution in [0.2, 0.25) is 5.02 Å². The van der Waals surface area contributed by atoms with E-state index in [9.17, 15) is 0 Å². The van der Waals surface area contributed by atoms with Gasteiger partial charge in [0.2, 0.25) is 0 Å². The van der Waals surface area contributed by atoms with Crippen molar-refractivity contribution in [2.45, 2.75) is 32.7 Å². The molecule has 0 radical (unpaired) electrons. The molecule has 0 aromatic heterocycles. The third kappa shape index (κ3) is 3.78. The molecule has 0 heterocycles. The zero-order chi connectivity index (χ0) is 11.3. The maximum atomic E-state index is 5.92. The third-order valence-electron chi connectivity index (χ3n) is 2.39. The second-order valence-electron chi connectivity index (χ2n) is 3.58. The number of hydrogen-bond donors (Lipinski definition) is 1. The van der Waals surface area contributed by atoms with Gasteiger partial charge in [-0.3, -0.25) is 0 Å². The first-order valence-corrected chi connectivity index (χ1v) is 6.54. The molecule has 0 aliphatic heterocycles. The Kier molecular flexibility index (Phi) is 5.65. The van der Waals surface area contributed by atoms with Crippen LogP contribution in [-0.2, 0) is 0 Å². The summed E-state index contributed by atoms with van der Waals surface area (Å²) in [5, 5.41) is 4.30. The van der Waals surface area contributed by atoms with E-state index < -0.39 is 0 Å². The van der Waals surface area contributed by atoms with E-state index in [0.717, 1.165) is 28.9 Å². The van der Waals surface area contributed by atoms with E-state index in [2.05, 4.69) is 41.2 Å². The molecular formula is C12H17BrClN. The Bertz CT molecular complexity index is 314. The van der Waals surface area contributed by atoms with Crippen molar-refractivity contribution in [2.75, 3.05) is 6.54 Å². The van der Waals surface area contributed by atoms with E-state index >= 15 is 0 Å². The Balaban J connectivity index is 2.81. The van der Waals surface area contributed by atoms with Crippen LogP contribution in [0.5, 0.6) is 0 Å². The number of rotatable bonds is 5. The second kappa shape index (κ2) is 6.51. The number of nitrogens with one attached hydrogen (secondary N) is 1. The van der Waals surface area contributed by atoms with Gasteiger partial charge in [0.05, 0.1) is 0 Å². The SMILES string of the molecule is CCCNC(CC)c1ccc(Cl)cc1Br. The number of halogens is 2. The van der Waals surface area contributed by atoms with Crippen LogP contribution in [0.1, 0.15) is 38.3 Å². The van der Waals surface area contributed by atoms with Crippen LogP contribution < -0.4 is 5.32 Å². The molecule has 84 valence electrons. The second-order valence-corrected chi connectivity index (χ2v) is 4.87. The Morgan fingerprint density at radius 3 is 2.67 bits per heavy atom. The first-order valence-electron chi connectivity index (χ1n) is 5.37. The zero-order valence-electron chi connectivity index (χ0n) is 9.19. The van der Waals surface area contributed by atoms with E-state index in [1.165, 1.54) is 5.56 Å². The van der Waals surface area contributed by atoms with Gasteiger partial charge in [0, 0.05) is 15.5 Å². The summed E-state index contributed by atoms with van der Waals surface area (Å²) in [5.74, 6) is 0. The molecule has 0 aliphatic carbocycles.